The van der Waals surface area contributed by atoms with E-state index in [1.807, 2.05) is 6.07 Å². The molecule has 108 valence electrons. The van der Waals surface area contributed by atoms with Crippen LogP contribution in [-0.4, -0.2) is 18.3 Å². The SMILES string of the molecule is C[Si](C)(C)Oc1ccc2c(=O)c(-c3cnc[nH]3)coc2c1. The molecule has 0 aliphatic heterocycles. The van der Waals surface area contributed by atoms with Gasteiger partial charge in [-0.2, -0.15) is 0 Å². The van der Waals surface area contributed by atoms with Gasteiger partial charge in [0, 0.05) is 6.07 Å². The van der Waals surface area contributed by atoms with Crippen LogP contribution < -0.4 is 9.85 Å². The second-order valence-electron chi connectivity index (χ2n) is 5.82. The zero-order valence-corrected chi connectivity index (χ0v) is 13.1. The maximum atomic E-state index is 12.5. The second kappa shape index (κ2) is 4.89. The van der Waals surface area contributed by atoms with E-state index in [1.54, 1.807) is 18.3 Å². The Morgan fingerprint density at radius 3 is 2.76 bits per heavy atom. The van der Waals surface area contributed by atoms with Gasteiger partial charge in [0.2, 0.25) is 13.7 Å². The van der Waals surface area contributed by atoms with Crippen LogP contribution in [0.1, 0.15) is 0 Å². The number of imidazole rings is 1. The van der Waals surface area contributed by atoms with Gasteiger partial charge in [-0.05, 0) is 31.8 Å². The Bertz CT molecular complexity index is 832. The zero-order chi connectivity index (χ0) is 15.0. The van der Waals surface area contributed by atoms with Gasteiger partial charge in [0.1, 0.15) is 17.6 Å². The first-order chi connectivity index (χ1) is 9.94. The fraction of sp³-hybridized carbons (Fsp3) is 0.200. The summed E-state index contributed by atoms with van der Waals surface area (Å²) < 4.78 is 11.5. The van der Waals surface area contributed by atoms with Gasteiger partial charge < -0.3 is 13.8 Å². The third-order valence-corrected chi connectivity index (χ3v) is 3.81. The summed E-state index contributed by atoms with van der Waals surface area (Å²) >= 11 is 0. The Morgan fingerprint density at radius 2 is 2.10 bits per heavy atom. The third-order valence-electron chi connectivity index (χ3n) is 2.96. The van der Waals surface area contributed by atoms with Crippen molar-refractivity contribution < 1.29 is 8.84 Å². The average Bonchev–Trinajstić information content (AvgIpc) is 2.91. The van der Waals surface area contributed by atoms with Gasteiger partial charge in [0.05, 0.1) is 29.2 Å². The molecule has 2 heterocycles. The number of nitrogens with zero attached hydrogens (tertiary/aromatic N) is 1. The van der Waals surface area contributed by atoms with Crippen LogP contribution in [0.4, 0.5) is 0 Å². The van der Waals surface area contributed by atoms with Crippen LogP contribution in [0.25, 0.3) is 22.2 Å². The van der Waals surface area contributed by atoms with E-state index in [0.717, 1.165) is 5.75 Å². The lowest BCUT2D eigenvalue weighted by Crippen LogP contribution is -2.29. The number of fused-ring (bicyclic) bond motifs is 1. The second-order valence-corrected chi connectivity index (χ2v) is 10.2. The minimum Gasteiger partial charge on any atom is -0.544 e. The highest BCUT2D eigenvalue weighted by Gasteiger charge is 2.17. The number of hydrogen-bond acceptors (Lipinski definition) is 4. The van der Waals surface area contributed by atoms with Gasteiger partial charge in [-0.15, -0.1) is 0 Å². The van der Waals surface area contributed by atoms with Gasteiger partial charge >= 0.3 is 0 Å². The maximum Gasteiger partial charge on any atom is 0.242 e. The molecule has 0 spiro atoms. The molecule has 21 heavy (non-hydrogen) atoms. The molecule has 0 amide bonds. The Labute approximate surface area is 122 Å². The third kappa shape index (κ3) is 2.75. The molecule has 0 saturated heterocycles. The molecule has 2 aromatic heterocycles. The van der Waals surface area contributed by atoms with E-state index >= 15 is 0 Å². The molecule has 0 aliphatic rings. The van der Waals surface area contributed by atoms with Crippen molar-refractivity contribution in [3.63, 3.8) is 0 Å². The number of nitrogens with one attached hydrogen (secondary N) is 1. The van der Waals surface area contributed by atoms with Crippen LogP contribution in [0.3, 0.4) is 0 Å². The van der Waals surface area contributed by atoms with Gasteiger partial charge in [-0.25, -0.2) is 4.98 Å². The molecule has 5 nitrogen and oxygen atoms in total. The molecule has 0 bridgehead atoms. The van der Waals surface area contributed by atoms with Gasteiger partial charge in [0.25, 0.3) is 0 Å². The van der Waals surface area contributed by atoms with Crippen molar-refractivity contribution in [2.24, 2.45) is 0 Å². The van der Waals surface area contributed by atoms with Crippen molar-refractivity contribution in [2.45, 2.75) is 19.6 Å². The van der Waals surface area contributed by atoms with Crippen LogP contribution in [0, 0.1) is 0 Å². The Balaban J connectivity index is 2.10. The molecule has 1 aromatic carbocycles. The summed E-state index contributed by atoms with van der Waals surface area (Å²) in [5.41, 5.74) is 1.56. The quantitative estimate of drug-likeness (QED) is 0.753. The first kappa shape index (κ1) is 13.6. The first-order valence-corrected chi connectivity index (χ1v) is 10.1. The number of rotatable bonds is 3. The van der Waals surface area contributed by atoms with Crippen molar-refractivity contribution >= 4 is 19.3 Å². The molecule has 3 aromatic rings. The molecule has 0 aliphatic carbocycles. The van der Waals surface area contributed by atoms with E-state index < -0.39 is 8.32 Å². The van der Waals surface area contributed by atoms with E-state index in [4.69, 9.17) is 8.84 Å². The predicted octanol–water partition coefficient (Wildman–Crippen LogP) is 3.40. The standard InChI is InChI=1S/C15H16N2O3Si/c1-21(2,3)20-10-4-5-11-14(6-10)19-8-12(15(11)18)13-7-16-9-17-13/h4-9H,1-3H3,(H,16,17). The van der Waals surface area contributed by atoms with Crippen molar-refractivity contribution in [1.29, 1.82) is 0 Å². The highest BCUT2D eigenvalue weighted by atomic mass is 28.4. The number of hydrogen-bond donors (Lipinski definition) is 1. The van der Waals surface area contributed by atoms with E-state index in [9.17, 15) is 4.79 Å². The zero-order valence-electron chi connectivity index (χ0n) is 12.1. The maximum absolute atomic E-state index is 12.5. The van der Waals surface area contributed by atoms with E-state index in [-0.39, 0.29) is 5.43 Å². The normalized spacial score (nSPS) is 11.8. The Hall–Kier alpha value is -2.34. The van der Waals surface area contributed by atoms with Gasteiger partial charge in [-0.1, -0.05) is 0 Å². The highest BCUT2D eigenvalue weighted by molar-refractivity contribution is 6.70. The molecule has 0 fully saturated rings. The van der Waals surface area contributed by atoms with Gasteiger partial charge in [0.15, 0.2) is 0 Å². The lowest BCUT2D eigenvalue weighted by molar-refractivity contribution is 0.552. The van der Waals surface area contributed by atoms with Crippen LogP contribution >= 0.6 is 0 Å². The summed E-state index contributed by atoms with van der Waals surface area (Å²) in [5, 5.41) is 0.532. The largest absolute Gasteiger partial charge is 0.544 e. The number of aromatic nitrogens is 2. The van der Waals surface area contributed by atoms with E-state index in [1.165, 1.54) is 12.6 Å². The molecule has 6 heteroatoms. The Kier molecular flexibility index (Phi) is 3.17. The smallest absolute Gasteiger partial charge is 0.242 e. The van der Waals surface area contributed by atoms with Crippen molar-refractivity contribution in [2.75, 3.05) is 0 Å². The Morgan fingerprint density at radius 1 is 1.29 bits per heavy atom. The lowest BCUT2D eigenvalue weighted by atomic mass is 10.1. The molecule has 0 saturated carbocycles. The summed E-state index contributed by atoms with van der Waals surface area (Å²) in [6.45, 7) is 6.32. The molecule has 0 atom stereocenters. The topological polar surface area (TPSA) is 68.1 Å². The van der Waals surface area contributed by atoms with Crippen LogP contribution in [0.2, 0.25) is 19.6 Å². The van der Waals surface area contributed by atoms with Gasteiger partial charge in [-0.3, -0.25) is 4.79 Å². The molecule has 1 N–H and O–H groups in total. The van der Waals surface area contributed by atoms with E-state index in [0.29, 0.717) is 22.2 Å². The average molecular weight is 300 g/mol. The monoisotopic (exact) mass is 300 g/mol. The predicted molar refractivity (Wildman–Crippen MR) is 84.0 cm³/mol. The number of benzene rings is 1. The van der Waals surface area contributed by atoms with E-state index in [2.05, 4.69) is 29.6 Å². The fourth-order valence-electron chi connectivity index (χ4n) is 2.11. The highest BCUT2D eigenvalue weighted by Crippen LogP contribution is 2.23. The fourth-order valence-corrected chi connectivity index (χ4v) is 2.95. The summed E-state index contributed by atoms with van der Waals surface area (Å²) in [5.74, 6) is 0.735. The molecule has 3 rings (SSSR count). The molecular formula is C15H16N2O3Si. The summed E-state index contributed by atoms with van der Waals surface area (Å²) in [6.07, 6.45) is 4.58. The van der Waals surface area contributed by atoms with Crippen molar-refractivity contribution in [3.05, 3.63) is 47.2 Å². The lowest BCUT2D eigenvalue weighted by Gasteiger charge is -2.19. The van der Waals surface area contributed by atoms with Crippen molar-refractivity contribution in [1.82, 2.24) is 9.97 Å². The number of aromatic amines is 1. The minimum absolute atomic E-state index is 0.0833. The van der Waals surface area contributed by atoms with Crippen molar-refractivity contribution in [3.8, 4) is 17.0 Å². The van der Waals surface area contributed by atoms with Crippen LogP contribution in [-0.2, 0) is 0 Å². The summed E-state index contributed by atoms with van der Waals surface area (Å²) in [4.78, 5) is 19.3. The van der Waals surface area contributed by atoms with Crippen LogP contribution in [0.15, 0.2) is 46.2 Å². The summed E-state index contributed by atoms with van der Waals surface area (Å²) in [6, 6.07) is 5.33. The number of H-pyrrole nitrogens is 1. The molecular weight excluding hydrogens is 284 g/mol. The van der Waals surface area contributed by atoms with Crippen LogP contribution in [0.5, 0.6) is 5.75 Å². The summed E-state index contributed by atoms with van der Waals surface area (Å²) in [7, 11) is -1.69. The minimum atomic E-state index is -1.69. The molecule has 0 unspecified atom stereocenters. The first-order valence-electron chi connectivity index (χ1n) is 6.67. The molecule has 0 radical (unpaired) electrons.